The first kappa shape index (κ1) is 7.98. The predicted octanol–water partition coefficient (Wildman–Crippen LogP) is 2.36. The molecule has 0 bridgehead atoms. The summed E-state index contributed by atoms with van der Waals surface area (Å²) in [6.07, 6.45) is 3.26. The van der Waals surface area contributed by atoms with Gasteiger partial charge in [0.05, 0.1) is 16.4 Å². The molecular formula is C9H5N3S. The van der Waals surface area contributed by atoms with Crippen LogP contribution in [0.4, 0.5) is 5.69 Å². The molecule has 2 rings (SSSR count). The highest BCUT2D eigenvalue weighted by atomic mass is 32.1. The van der Waals surface area contributed by atoms with Crippen molar-refractivity contribution in [3.05, 3.63) is 30.7 Å². The molecular weight excluding hydrogens is 182 g/mol. The Bertz CT molecular complexity index is 489. The minimum atomic E-state index is 0.765. The highest BCUT2D eigenvalue weighted by Gasteiger charge is 1.94. The summed E-state index contributed by atoms with van der Waals surface area (Å²) < 4.78 is 0. The van der Waals surface area contributed by atoms with Crippen LogP contribution in [0.1, 0.15) is 0 Å². The molecule has 0 amide bonds. The Morgan fingerprint density at radius 1 is 1.38 bits per heavy atom. The number of isothiocyanates is 1. The van der Waals surface area contributed by atoms with Crippen molar-refractivity contribution in [2.24, 2.45) is 4.99 Å². The zero-order valence-electron chi connectivity index (χ0n) is 6.64. The Hall–Kier alpha value is -1.64. The number of fused-ring (bicyclic) bond motifs is 1. The molecule has 0 aliphatic carbocycles. The van der Waals surface area contributed by atoms with E-state index in [2.05, 4.69) is 32.3 Å². The van der Waals surface area contributed by atoms with Crippen molar-refractivity contribution in [1.82, 2.24) is 9.97 Å². The van der Waals surface area contributed by atoms with Crippen LogP contribution in [0.3, 0.4) is 0 Å². The number of rotatable bonds is 1. The van der Waals surface area contributed by atoms with Crippen LogP contribution in [0.25, 0.3) is 10.9 Å². The van der Waals surface area contributed by atoms with Gasteiger partial charge in [0, 0.05) is 11.6 Å². The summed E-state index contributed by atoms with van der Waals surface area (Å²) in [5.41, 5.74) is 1.63. The van der Waals surface area contributed by atoms with Gasteiger partial charge in [0.25, 0.3) is 0 Å². The topological polar surface area (TPSA) is 38.1 Å². The van der Waals surface area contributed by atoms with Crippen LogP contribution < -0.4 is 0 Å². The fraction of sp³-hybridized carbons (Fsp3) is 0. The molecule has 0 spiro atoms. The summed E-state index contributed by atoms with van der Waals surface area (Å²) in [5, 5.41) is 3.31. The molecule has 0 aliphatic heterocycles. The fourth-order valence-electron chi connectivity index (χ4n) is 1.08. The van der Waals surface area contributed by atoms with E-state index in [4.69, 9.17) is 0 Å². The van der Waals surface area contributed by atoms with Crippen molar-refractivity contribution in [3.8, 4) is 0 Å². The molecule has 0 fully saturated rings. The van der Waals surface area contributed by atoms with Gasteiger partial charge >= 0.3 is 0 Å². The number of hydrogen-bond donors (Lipinski definition) is 0. The molecule has 1 aromatic heterocycles. The maximum atomic E-state index is 4.51. The number of aromatic nitrogens is 2. The van der Waals surface area contributed by atoms with Crippen LogP contribution in [0.5, 0.6) is 0 Å². The second-order valence-electron chi connectivity index (χ2n) is 2.47. The first-order chi connectivity index (χ1) is 6.40. The van der Waals surface area contributed by atoms with Crippen LogP contribution in [0.15, 0.2) is 35.7 Å². The summed E-state index contributed by atoms with van der Waals surface area (Å²) in [7, 11) is 0. The summed E-state index contributed by atoms with van der Waals surface area (Å²) in [5.74, 6) is 0. The monoisotopic (exact) mass is 187 g/mol. The van der Waals surface area contributed by atoms with Crippen LogP contribution in [0.2, 0.25) is 0 Å². The largest absolute Gasteiger partial charge is 0.244 e. The number of nitrogens with zero attached hydrogens (tertiary/aromatic N) is 3. The molecule has 1 heterocycles. The molecule has 62 valence electrons. The van der Waals surface area contributed by atoms with Gasteiger partial charge in [-0.2, -0.15) is 4.99 Å². The van der Waals surface area contributed by atoms with Crippen LogP contribution in [-0.2, 0) is 0 Å². The van der Waals surface area contributed by atoms with Gasteiger partial charge in [0.2, 0.25) is 0 Å². The molecule has 0 saturated heterocycles. The number of thiocarbonyl (C=S) groups is 1. The molecule has 0 N–H and O–H groups in total. The summed E-state index contributed by atoms with van der Waals surface area (Å²) in [4.78, 5) is 11.9. The van der Waals surface area contributed by atoms with Gasteiger partial charge in [0.15, 0.2) is 0 Å². The van der Waals surface area contributed by atoms with Crippen molar-refractivity contribution in [2.45, 2.75) is 0 Å². The zero-order chi connectivity index (χ0) is 9.10. The molecule has 0 atom stereocenters. The standard InChI is InChI=1S/C9H5N3S/c13-6-12-8-2-1-7-4-10-5-11-9(7)3-8/h1-5H. The second kappa shape index (κ2) is 3.39. The molecule has 3 nitrogen and oxygen atoms in total. The second-order valence-corrected chi connectivity index (χ2v) is 2.65. The highest BCUT2D eigenvalue weighted by Crippen LogP contribution is 2.17. The normalized spacial score (nSPS) is 9.54. The number of benzene rings is 1. The lowest BCUT2D eigenvalue weighted by Crippen LogP contribution is -1.79. The lowest BCUT2D eigenvalue weighted by Gasteiger charge is -1.95. The third-order valence-corrected chi connectivity index (χ3v) is 1.76. The zero-order valence-corrected chi connectivity index (χ0v) is 7.45. The summed E-state index contributed by atoms with van der Waals surface area (Å²) in [6.45, 7) is 0. The van der Waals surface area contributed by atoms with Gasteiger partial charge < -0.3 is 0 Å². The molecule has 0 saturated carbocycles. The molecule has 0 radical (unpaired) electrons. The Kier molecular flexibility index (Phi) is 2.08. The third-order valence-electron chi connectivity index (χ3n) is 1.67. The average molecular weight is 187 g/mol. The number of hydrogen-bond acceptors (Lipinski definition) is 4. The average Bonchev–Trinajstić information content (AvgIpc) is 2.18. The third kappa shape index (κ3) is 1.59. The van der Waals surface area contributed by atoms with E-state index in [1.165, 1.54) is 6.33 Å². The Labute approximate surface area is 80.2 Å². The van der Waals surface area contributed by atoms with E-state index >= 15 is 0 Å². The van der Waals surface area contributed by atoms with Gasteiger partial charge in [0.1, 0.15) is 6.33 Å². The molecule has 2 aromatic rings. The first-order valence-corrected chi connectivity index (χ1v) is 4.08. The van der Waals surface area contributed by atoms with E-state index in [-0.39, 0.29) is 0 Å². The van der Waals surface area contributed by atoms with E-state index in [1.54, 1.807) is 6.20 Å². The fourth-order valence-corrected chi connectivity index (χ4v) is 1.19. The Balaban J connectivity index is 2.68. The quantitative estimate of drug-likeness (QED) is 0.508. The van der Waals surface area contributed by atoms with E-state index < -0.39 is 0 Å². The van der Waals surface area contributed by atoms with Crippen LogP contribution in [0, 0.1) is 0 Å². The molecule has 1 aromatic carbocycles. The van der Waals surface area contributed by atoms with Crippen molar-refractivity contribution in [3.63, 3.8) is 0 Å². The first-order valence-electron chi connectivity index (χ1n) is 3.68. The summed E-state index contributed by atoms with van der Waals surface area (Å²) in [6, 6.07) is 5.60. The molecule has 0 aliphatic rings. The predicted molar refractivity (Wildman–Crippen MR) is 54.2 cm³/mol. The van der Waals surface area contributed by atoms with E-state index in [0.717, 1.165) is 16.6 Å². The SMILES string of the molecule is S=C=Nc1ccc2cncnc2c1. The summed E-state index contributed by atoms with van der Waals surface area (Å²) >= 11 is 4.51. The maximum absolute atomic E-state index is 4.51. The van der Waals surface area contributed by atoms with Crippen LogP contribution in [-0.4, -0.2) is 15.1 Å². The minimum absolute atomic E-state index is 0.765. The minimum Gasteiger partial charge on any atom is -0.244 e. The Morgan fingerprint density at radius 3 is 3.15 bits per heavy atom. The lowest BCUT2D eigenvalue weighted by atomic mass is 10.2. The van der Waals surface area contributed by atoms with Crippen molar-refractivity contribution < 1.29 is 0 Å². The van der Waals surface area contributed by atoms with Gasteiger partial charge in [-0.05, 0) is 30.4 Å². The molecule has 4 heteroatoms. The van der Waals surface area contributed by atoms with Crippen LogP contribution >= 0.6 is 12.2 Å². The van der Waals surface area contributed by atoms with Gasteiger partial charge in [-0.1, -0.05) is 0 Å². The van der Waals surface area contributed by atoms with E-state index in [0.29, 0.717) is 0 Å². The van der Waals surface area contributed by atoms with Crippen molar-refractivity contribution >= 4 is 34.0 Å². The Morgan fingerprint density at radius 2 is 2.31 bits per heavy atom. The molecule has 13 heavy (non-hydrogen) atoms. The van der Waals surface area contributed by atoms with Crippen molar-refractivity contribution in [2.75, 3.05) is 0 Å². The lowest BCUT2D eigenvalue weighted by molar-refractivity contribution is 1.22. The van der Waals surface area contributed by atoms with E-state index in [1.807, 2.05) is 18.2 Å². The van der Waals surface area contributed by atoms with Crippen molar-refractivity contribution in [1.29, 1.82) is 0 Å². The smallest absolute Gasteiger partial charge is 0.116 e. The van der Waals surface area contributed by atoms with Gasteiger partial charge in [-0.3, -0.25) is 0 Å². The van der Waals surface area contributed by atoms with Gasteiger partial charge in [-0.25, -0.2) is 9.97 Å². The van der Waals surface area contributed by atoms with E-state index in [9.17, 15) is 0 Å². The highest BCUT2D eigenvalue weighted by molar-refractivity contribution is 7.78. The van der Waals surface area contributed by atoms with Gasteiger partial charge in [-0.15, -0.1) is 0 Å². The number of aliphatic imine (C=N–C) groups is 1. The molecule has 0 unspecified atom stereocenters. The maximum Gasteiger partial charge on any atom is 0.116 e.